The first-order chi connectivity index (χ1) is 14.3. The van der Waals surface area contributed by atoms with Crippen molar-refractivity contribution in [2.45, 2.75) is 107 Å². The van der Waals surface area contributed by atoms with Crippen LogP contribution in [0.1, 0.15) is 64.7 Å². The van der Waals surface area contributed by atoms with Crippen molar-refractivity contribution in [3.05, 3.63) is 11.3 Å². The number of aliphatic hydroxyl groups is 1. The quantitative estimate of drug-likeness (QED) is 0.647. The highest BCUT2D eigenvalue weighted by atomic mass is 28.3. The van der Waals surface area contributed by atoms with E-state index in [-0.39, 0.29) is 24.5 Å². The van der Waals surface area contributed by atoms with Gasteiger partial charge in [0.05, 0.1) is 20.3 Å². The van der Waals surface area contributed by atoms with E-state index in [1.54, 1.807) is 0 Å². The Hall–Kier alpha value is -0.693. The molecule has 5 nitrogen and oxygen atoms in total. The highest BCUT2D eigenvalue weighted by Gasteiger charge is 2.66. The number of amides is 1. The summed E-state index contributed by atoms with van der Waals surface area (Å²) in [6, 6.07) is 0. The molecular weight excluding hydrogens is 394 g/mol. The second kappa shape index (κ2) is 8.34. The molecule has 1 saturated carbocycles. The Morgan fingerprint density at radius 2 is 1.87 bits per heavy atom. The maximum atomic E-state index is 13.7. The molecule has 0 aromatic heterocycles. The summed E-state index contributed by atoms with van der Waals surface area (Å²) in [6.45, 7) is 7.46. The molecule has 6 heteroatoms. The molecule has 4 atom stereocenters. The molecule has 0 bridgehead atoms. The summed E-state index contributed by atoms with van der Waals surface area (Å²) in [5.74, 6) is 0.330. The van der Waals surface area contributed by atoms with Gasteiger partial charge in [-0.25, -0.2) is 0 Å². The third-order valence-electron chi connectivity index (χ3n) is 9.16. The molecule has 2 heterocycles. The fourth-order valence-electron chi connectivity index (χ4n) is 7.55. The Bertz CT molecular complexity index is 699. The summed E-state index contributed by atoms with van der Waals surface area (Å²) < 4.78 is 12.5. The third-order valence-corrected chi connectivity index (χ3v) is 14.4. The van der Waals surface area contributed by atoms with Gasteiger partial charge < -0.3 is 19.5 Å². The minimum absolute atomic E-state index is 0.0158. The number of methoxy groups -OCH3 is 1. The van der Waals surface area contributed by atoms with Crippen LogP contribution in [0.15, 0.2) is 11.3 Å². The fourth-order valence-corrected chi connectivity index (χ4v) is 12.6. The number of aliphatic hydroxyl groups excluding tert-OH is 1. The highest BCUT2D eigenvalue weighted by Crippen LogP contribution is 2.61. The van der Waals surface area contributed by atoms with E-state index < -0.39 is 13.7 Å². The second-order valence-corrected chi connectivity index (χ2v) is 15.9. The SMILES string of the molecule is COC1CCC([Si](C)(C)[C@H]2[C@H](CCO)O[C@@]3(C(=O)N(C)C4=C3CCCC4)[C@@H]2C)CC1. The smallest absolute Gasteiger partial charge is 0.263 e. The second-order valence-electron chi connectivity index (χ2n) is 10.7. The Kier molecular flexibility index (Phi) is 6.25. The number of hydrogen-bond acceptors (Lipinski definition) is 4. The summed E-state index contributed by atoms with van der Waals surface area (Å²) in [6.07, 6.45) is 10.0. The summed E-state index contributed by atoms with van der Waals surface area (Å²) in [4.78, 5) is 15.6. The van der Waals surface area contributed by atoms with E-state index in [1.807, 2.05) is 19.1 Å². The molecule has 2 aliphatic carbocycles. The number of nitrogens with zero attached hydrogens (tertiary/aromatic N) is 1. The minimum atomic E-state index is -1.76. The van der Waals surface area contributed by atoms with Crippen molar-refractivity contribution in [3.8, 4) is 0 Å². The monoisotopic (exact) mass is 435 g/mol. The maximum Gasteiger partial charge on any atom is 0.263 e. The molecule has 4 aliphatic rings. The van der Waals surface area contributed by atoms with E-state index in [2.05, 4.69) is 20.0 Å². The number of hydrogen-bond donors (Lipinski definition) is 1. The molecule has 1 amide bonds. The largest absolute Gasteiger partial charge is 0.396 e. The minimum Gasteiger partial charge on any atom is -0.396 e. The molecule has 2 fully saturated rings. The summed E-state index contributed by atoms with van der Waals surface area (Å²) in [5.41, 5.74) is 2.84. The van der Waals surface area contributed by atoms with Crippen LogP contribution in [0.3, 0.4) is 0 Å². The maximum absolute atomic E-state index is 13.7. The number of carbonyl (C=O) groups is 1. The average Bonchev–Trinajstić information content (AvgIpc) is 3.16. The van der Waals surface area contributed by atoms with Crippen molar-refractivity contribution in [2.75, 3.05) is 20.8 Å². The number of carbonyl (C=O) groups excluding carboxylic acids is 1. The van der Waals surface area contributed by atoms with Gasteiger partial charge in [-0.05, 0) is 61.6 Å². The van der Waals surface area contributed by atoms with Crippen LogP contribution in [0.25, 0.3) is 0 Å². The number of ether oxygens (including phenoxy) is 2. The summed E-state index contributed by atoms with van der Waals surface area (Å²) in [5, 5.41) is 9.87. The Balaban J connectivity index is 1.68. The van der Waals surface area contributed by atoms with Crippen LogP contribution in [0, 0.1) is 5.92 Å². The van der Waals surface area contributed by atoms with Gasteiger partial charge in [0.25, 0.3) is 5.91 Å². The first-order valence-electron chi connectivity index (χ1n) is 12.1. The molecule has 1 spiro atoms. The van der Waals surface area contributed by atoms with Gasteiger partial charge in [0.2, 0.25) is 0 Å². The zero-order chi connectivity index (χ0) is 21.7. The van der Waals surface area contributed by atoms with Gasteiger partial charge in [0, 0.05) is 32.4 Å². The van der Waals surface area contributed by atoms with Crippen LogP contribution >= 0.6 is 0 Å². The lowest BCUT2D eigenvalue weighted by Gasteiger charge is -2.44. The van der Waals surface area contributed by atoms with E-state index in [0.29, 0.717) is 18.1 Å². The lowest BCUT2D eigenvalue weighted by atomic mass is 9.78. The lowest BCUT2D eigenvalue weighted by molar-refractivity contribution is -0.148. The molecule has 1 saturated heterocycles. The van der Waals surface area contributed by atoms with E-state index >= 15 is 0 Å². The van der Waals surface area contributed by atoms with E-state index in [4.69, 9.17) is 9.47 Å². The lowest BCUT2D eigenvalue weighted by Crippen LogP contribution is -2.49. The predicted molar refractivity (Wildman–Crippen MR) is 121 cm³/mol. The fraction of sp³-hybridized carbons (Fsp3) is 0.875. The van der Waals surface area contributed by atoms with Crippen molar-refractivity contribution in [3.63, 3.8) is 0 Å². The van der Waals surface area contributed by atoms with Crippen molar-refractivity contribution in [1.82, 2.24) is 4.90 Å². The van der Waals surface area contributed by atoms with Crippen LogP contribution in [-0.4, -0.2) is 62.6 Å². The van der Waals surface area contributed by atoms with Crippen molar-refractivity contribution in [1.29, 1.82) is 0 Å². The number of rotatable bonds is 5. The Morgan fingerprint density at radius 1 is 1.20 bits per heavy atom. The molecule has 1 N–H and O–H groups in total. The van der Waals surface area contributed by atoms with Gasteiger partial charge in [-0.1, -0.05) is 32.9 Å². The third kappa shape index (κ3) is 3.25. The molecule has 2 aliphatic heterocycles. The molecule has 0 aromatic carbocycles. The van der Waals surface area contributed by atoms with Crippen molar-refractivity contribution >= 4 is 14.0 Å². The molecule has 30 heavy (non-hydrogen) atoms. The molecule has 0 aromatic rings. The standard InChI is InChI=1S/C24H41NO4Si/c1-16-22(30(4,5)18-12-10-17(28-3)11-13-18)21(14-15-26)29-24(16)19-8-6-7-9-20(19)25(2)23(24)27/h16-18,21-22,26H,6-15H2,1-5H3/t16-,17?,18?,21+,22-,24+/m1/s1. The van der Waals surface area contributed by atoms with Crippen molar-refractivity contribution < 1.29 is 19.4 Å². The zero-order valence-electron chi connectivity index (χ0n) is 19.6. The predicted octanol–water partition coefficient (Wildman–Crippen LogP) is 4.48. The first kappa shape index (κ1) is 22.5. The zero-order valence-corrected chi connectivity index (χ0v) is 20.6. The van der Waals surface area contributed by atoms with E-state index in [1.165, 1.54) is 24.1 Å². The van der Waals surface area contributed by atoms with E-state index in [0.717, 1.165) is 44.1 Å². The summed E-state index contributed by atoms with van der Waals surface area (Å²) >= 11 is 0. The highest BCUT2D eigenvalue weighted by molar-refractivity contribution is 6.80. The van der Waals surface area contributed by atoms with Gasteiger partial charge >= 0.3 is 0 Å². The van der Waals surface area contributed by atoms with E-state index in [9.17, 15) is 9.90 Å². The molecule has 0 unspecified atom stereocenters. The molecule has 0 radical (unpaired) electrons. The number of likely N-dealkylation sites (N-methyl/N-ethyl adjacent to an activating group) is 1. The van der Waals surface area contributed by atoms with Crippen LogP contribution in [0.2, 0.25) is 24.2 Å². The number of fused-ring (bicyclic) bond motifs is 1. The molecule has 4 rings (SSSR count). The van der Waals surface area contributed by atoms with Gasteiger partial charge in [-0.2, -0.15) is 0 Å². The van der Waals surface area contributed by atoms with Crippen LogP contribution in [0.5, 0.6) is 0 Å². The van der Waals surface area contributed by atoms with Crippen LogP contribution < -0.4 is 0 Å². The van der Waals surface area contributed by atoms with Gasteiger partial charge in [-0.3, -0.25) is 4.79 Å². The summed E-state index contributed by atoms with van der Waals surface area (Å²) in [7, 11) is 2.01. The molecule has 170 valence electrons. The normalized spacial score (nSPS) is 39.9. The number of allylic oxidation sites excluding steroid dienone is 1. The van der Waals surface area contributed by atoms with Crippen LogP contribution in [0.4, 0.5) is 0 Å². The van der Waals surface area contributed by atoms with Gasteiger partial charge in [0.1, 0.15) is 0 Å². The Morgan fingerprint density at radius 3 is 2.50 bits per heavy atom. The van der Waals surface area contributed by atoms with Gasteiger partial charge in [-0.15, -0.1) is 0 Å². The van der Waals surface area contributed by atoms with Crippen molar-refractivity contribution in [2.24, 2.45) is 5.92 Å². The van der Waals surface area contributed by atoms with Crippen LogP contribution in [-0.2, 0) is 14.3 Å². The topological polar surface area (TPSA) is 59.0 Å². The average molecular weight is 436 g/mol. The Labute approximate surface area is 183 Å². The molecular formula is C24H41NO4Si. The van der Waals surface area contributed by atoms with Gasteiger partial charge in [0.15, 0.2) is 5.60 Å². The first-order valence-corrected chi connectivity index (χ1v) is 15.3.